The molecule has 0 atom stereocenters. The van der Waals surface area contributed by atoms with Crippen molar-refractivity contribution in [1.29, 1.82) is 0 Å². The van der Waals surface area contributed by atoms with Crippen LogP contribution < -0.4 is 5.32 Å². The molecule has 1 amide bonds. The minimum absolute atomic E-state index is 0.255. The lowest BCUT2D eigenvalue weighted by Gasteiger charge is -2.02. The first-order chi connectivity index (χ1) is 9.56. The molecule has 2 aromatic carbocycles. The number of hydrogen-bond donors (Lipinski definition) is 1. The molecule has 1 heterocycles. The average Bonchev–Trinajstić information content (AvgIpc) is 2.71. The van der Waals surface area contributed by atoms with Crippen molar-refractivity contribution in [2.24, 2.45) is 4.99 Å². The molecule has 20 heavy (non-hydrogen) atoms. The summed E-state index contributed by atoms with van der Waals surface area (Å²) >= 11 is 15.4. The van der Waals surface area contributed by atoms with Gasteiger partial charge in [-0.25, -0.2) is 4.99 Å². The summed E-state index contributed by atoms with van der Waals surface area (Å²) in [4.78, 5) is 16.4. The van der Waals surface area contributed by atoms with Gasteiger partial charge in [0.2, 0.25) is 0 Å². The zero-order valence-electron chi connectivity index (χ0n) is 9.95. The lowest BCUT2D eigenvalue weighted by Crippen LogP contribution is -2.13. The number of carbonyl (C=O) groups is 1. The molecule has 0 fully saturated rings. The van der Waals surface area contributed by atoms with Gasteiger partial charge in [-0.1, -0.05) is 45.2 Å². The summed E-state index contributed by atoms with van der Waals surface area (Å²) < 4.78 is 0.873. The molecule has 1 N–H and O–H groups in total. The van der Waals surface area contributed by atoms with E-state index in [1.54, 1.807) is 18.2 Å². The van der Waals surface area contributed by atoms with E-state index in [-0.39, 0.29) is 5.91 Å². The Balaban J connectivity index is 2.15. The lowest BCUT2D eigenvalue weighted by atomic mass is 10.1. The van der Waals surface area contributed by atoms with Crippen LogP contribution in [0, 0.1) is 0 Å². The molecule has 0 radical (unpaired) electrons. The normalized spacial score (nSPS) is 15.3. The molecule has 0 aromatic heterocycles. The van der Waals surface area contributed by atoms with Crippen LogP contribution in [-0.4, -0.2) is 11.6 Å². The number of carbonyl (C=O) groups excluding carboxylic acids is 1. The molecule has 2 aromatic rings. The van der Waals surface area contributed by atoms with Crippen LogP contribution in [0.15, 0.2) is 45.9 Å². The first-order valence-electron chi connectivity index (χ1n) is 5.70. The Hall–Kier alpha value is -1.36. The molecule has 0 saturated carbocycles. The standard InChI is InChI=1S/C14H7BrCl2N2O/c15-7-4-5-10-8(6-7)13(14(20)19-10)18-11-3-1-2-9(16)12(11)17/h1-6H,(H,18,19,20). The van der Waals surface area contributed by atoms with E-state index in [4.69, 9.17) is 23.2 Å². The number of benzene rings is 2. The molecule has 100 valence electrons. The molecular weight excluding hydrogens is 363 g/mol. The van der Waals surface area contributed by atoms with Crippen LogP contribution in [0.3, 0.4) is 0 Å². The maximum atomic E-state index is 12.0. The van der Waals surface area contributed by atoms with Crippen molar-refractivity contribution >= 4 is 62.1 Å². The molecule has 1 aliphatic rings. The molecule has 1 aliphatic heterocycles. The van der Waals surface area contributed by atoms with Gasteiger partial charge in [0.05, 0.1) is 21.4 Å². The van der Waals surface area contributed by atoms with Crippen LogP contribution >= 0.6 is 39.1 Å². The molecular formula is C14H7BrCl2N2O. The first-order valence-corrected chi connectivity index (χ1v) is 7.25. The van der Waals surface area contributed by atoms with Gasteiger partial charge in [-0.15, -0.1) is 0 Å². The van der Waals surface area contributed by atoms with Crippen molar-refractivity contribution in [1.82, 2.24) is 0 Å². The Bertz CT molecular complexity index is 759. The number of nitrogens with zero attached hydrogens (tertiary/aromatic N) is 1. The van der Waals surface area contributed by atoms with Crippen LogP contribution in [0.5, 0.6) is 0 Å². The topological polar surface area (TPSA) is 41.5 Å². The number of fused-ring (bicyclic) bond motifs is 1. The van der Waals surface area contributed by atoms with E-state index in [0.717, 1.165) is 15.7 Å². The number of halogens is 3. The fourth-order valence-corrected chi connectivity index (χ4v) is 2.63. The third kappa shape index (κ3) is 2.35. The molecule has 0 spiro atoms. The molecule has 3 rings (SSSR count). The Morgan fingerprint density at radius 1 is 1.15 bits per heavy atom. The second-order valence-electron chi connectivity index (χ2n) is 4.18. The van der Waals surface area contributed by atoms with Crippen molar-refractivity contribution in [3.8, 4) is 0 Å². The van der Waals surface area contributed by atoms with Gasteiger partial charge in [-0.05, 0) is 30.3 Å². The van der Waals surface area contributed by atoms with Crippen LogP contribution in [0.2, 0.25) is 10.0 Å². The molecule has 0 aliphatic carbocycles. The number of nitrogens with one attached hydrogen (secondary N) is 1. The second-order valence-corrected chi connectivity index (χ2v) is 5.88. The minimum Gasteiger partial charge on any atom is -0.320 e. The zero-order valence-corrected chi connectivity index (χ0v) is 13.1. The maximum Gasteiger partial charge on any atom is 0.275 e. The SMILES string of the molecule is O=C1Nc2ccc(Br)cc2C1=Nc1cccc(Cl)c1Cl. The smallest absolute Gasteiger partial charge is 0.275 e. The number of hydrogen-bond acceptors (Lipinski definition) is 2. The quantitative estimate of drug-likeness (QED) is 0.768. The highest BCUT2D eigenvalue weighted by Crippen LogP contribution is 2.34. The maximum absolute atomic E-state index is 12.0. The molecule has 0 bridgehead atoms. The van der Waals surface area contributed by atoms with E-state index in [1.165, 1.54) is 0 Å². The van der Waals surface area contributed by atoms with E-state index in [2.05, 4.69) is 26.2 Å². The third-order valence-corrected chi connectivity index (χ3v) is 4.17. The third-order valence-electron chi connectivity index (χ3n) is 2.86. The Morgan fingerprint density at radius 2 is 1.95 bits per heavy atom. The van der Waals surface area contributed by atoms with Gasteiger partial charge in [0.25, 0.3) is 5.91 Å². The number of rotatable bonds is 1. The van der Waals surface area contributed by atoms with Crippen LogP contribution in [0.4, 0.5) is 11.4 Å². The van der Waals surface area contributed by atoms with Gasteiger partial charge >= 0.3 is 0 Å². The highest BCUT2D eigenvalue weighted by Gasteiger charge is 2.26. The summed E-state index contributed by atoms with van der Waals surface area (Å²) in [6, 6.07) is 10.6. The first kappa shape index (κ1) is 13.6. The molecule has 6 heteroatoms. The van der Waals surface area contributed by atoms with Gasteiger partial charge in [-0.3, -0.25) is 4.79 Å². The Morgan fingerprint density at radius 3 is 2.75 bits per heavy atom. The number of amides is 1. The highest BCUT2D eigenvalue weighted by atomic mass is 79.9. The van der Waals surface area contributed by atoms with Gasteiger partial charge in [0.1, 0.15) is 5.71 Å². The molecule has 0 unspecified atom stereocenters. The summed E-state index contributed by atoms with van der Waals surface area (Å²) in [6.07, 6.45) is 0. The fraction of sp³-hybridized carbons (Fsp3) is 0. The summed E-state index contributed by atoms with van der Waals surface area (Å²) in [5.41, 5.74) is 2.26. The second kappa shape index (κ2) is 5.20. The summed E-state index contributed by atoms with van der Waals surface area (Å²) in [7, 11) is 0. The largest absolute Gasteiger partial charge is 0.320 e. The van der Waals surface area contributed by atoms with Crippen LogP contribution in [0.1, 0.15) is 5.56 Å². The number of anilines is 1. The van der Waals surface area contributed by atoms with Crippen molar-refractivity contribution in [3.05, 3.63) is 56.5 Å². The molecule has 0 saturated heterocycles. The van der Waals surface area contributed by atoms with E-state index in [1.807, 2.05) is 18.2 Å². The predicted molar refractivity (Wildman–Crippen MR) is 85.4 cm³/mol. The van der Waals surface area contributed by atoms with E-state index >= 15 is 0 Å². The van der Waals surface area contributed by atoms with E-state index in [9.17, 15) is 4.79 Å². The van der Waals surface area contributed by atoms with E-state index in [0.29, 0.717) is 21.4 Å². The monoisotopic (exact) mass is 368 g/mol. The fourth-order valence-electron chi connectivity index (χ4n) is 1.94. The Labute approximate surface area is 133 Å². The van der Waals surface area contributed by atoms with Crippen LogP contribution in [-0.2, 0) is 4.79 Å². The van der Waals surface area contributed by atoms with Crippen molar-refractivity contribution in [3.63, 3.8) is 0 Å². The van der Waals surface area contributed by atoms with Crippen molar-refractivity contribution in [2.45, 2.75) is 0 Å². The van der Waals surface area contributed by atoms with E-state index < -0.39 is 0 Å². The number of aliphatic imine (C=N–C) groups is 1. The highest BCUT2D eigenvalue weighted by molar-refractivity contribution is 9.10. The lowest BCUT2D eigenvalue weighted by molar-refractivity contribution is -0.110. The van der Waals surface area contributed by atoms with Crippen LogP contribution in [0.25, 0.3) is 0 Å². The summed E-state index contributed by atoms with van der Waals surface area (Å²) in [5.74, 6) is -0.255. The van der Waals surface area contributed by atoms with Gasteiger partial charge in [0, 0.05) is 10.0 Å². The Kier molecular flexibility index (Phi) is 3.54. The van der Waals surface area contributed by atoms with Crippen molar-refractivity contribution < 1.29 is 4.79 Å². The summed E-state index contributed by atoms with van der Waals surface area (Å²) in [6.45, 7) is 0. The van der Waals surface area contributed by atoms with Gasteiger partial charge in [-0.2, -0.15) is 0 Å². The van der Waals surface area contributed by atoms with Gasteiger partial charge < -0.3 is 5.32 Å². The minimum atomic E-state index is -0.255. The van der Waals surface area contributed by atoms with Gasteiger partial charge in [0.15, 0.2) is 0 Å². The van der Waals surface area contributed by atoms with Crippen molar-refractivity contribution in [2.75, 3.05) is 5.32 Å². The summed E-state index contributed by atoms with van der Waals surface area (Å²) in [5, 5.41) is 3.50. The molecule has 3 nitrogen and oxygen atoms in total. The average molecular weight is 370 g/mol. The predicted octanol–water partition coefficient (Wildman–Crippen LogP) is 4.83. The zero-order chi connectivity index (χ0) is 14.3.